The molecule has 2 aliphatic rings. The van der Waals surface area contributed by atoms with Crippen molar-refractivity contribution in [2.75, 3.05) is 39.5 Å². The first-order chi connectivity index (χ1) is 19.5. The van der Waals surface area contributed by atoms with Crippen molar-refractivity contribution in [3.8, 4) is 0 Å². The molecule has 0 radical (unpaired) electrons. The lowest BCUT2D eigenvalue weighted by molar-refractivity contribution is -0.137. The van der Waals surface area contributed by atoms with E-state index in [9.17, 15) is 19.2 Å². The van der Waals surface area contributed by atoms with Gasteiger partial charge in [0.1, 0.15) is 0 Å². The molecule has 1 aliphatic carbocycles. The summed E-state index contributed by atoms with van der Waals surface area (Å²) in [5.41, 5.74) is -0.770. The molecule has 234 valence electrons. The molecule has 10 nitrogen and oxygen atoms in total. The number of imide groups is 1. The van der Waals surface area contributed by atoms with Crippen LogP contribution in [0.4, 0.5) is 0 Å². The number of carbonyl (C=O) groups excluding carboxylic acids is 4. The summed E-state index contributed by atoms with van der Waals surface area (Å²) in [6.45, 7) is 10.3. The molecule has 2 rings (SSSR count). The Morgan fingerprint density at radius 3 is 1.98 bits per heavy atom. The Morgan fingerprint density at radius 1 is 0.780 bits per heavy atom. The maximum atomic E-state index is 12.5. The number of ether oxygens (including phenoxy) is 3. The van der Waals surface area contributed by atoms with Crippen LogP contribution >= 0.6 is 0 Å². The molecule has 41 heavy (non-hydrogen) atoms. The van der Waals surface area contributed by atoms with Crippen LogP contribution in [0.3, 0.4) is 0 Å². The largest absolute Gasteiger partial charge is 0.380 e. The number of nitrogens with zero attached hydrogens (tertiary/aromatic N) is 1. The van der Waals surface area contributed by atoms with E-state index in [-0.39, 0.29) is 42.2 Å². The van der Waals surface area contributed by atoms with Gasteiger partial charge in [0.2, 0.25) is 11.8 Å². The van der Waals surface area contributed by atoms with Gasteiger partial charge in [0.05, 0.1) is 31.0 Å². The van der Waals surface area contributed by atoms with Crippen molar-refractivity contribution in [1.29, 1.82) is 0 Å². The minimum absolute atomic E-state index is 0.0632. The minimum Gasteiger partial charge on any atom is -0.380 e. The maximum Gasteiger partial charge on any atom is 0.253 e. The third kappa shape index (κ3) is 15.5. The Morgan fingerprint density at radius 2 is 1.34 bits per heavy atom. The van der Waals surface area contributed by atoms with Crippen molar-refractivity contribution < 1.29 is 33.4 Å². The highest BCUT2D eigenvalue weighted by molar-refractivity contribution is 6.13. The van der Waals surface area contributed by atoms with E-state index in [2.05, 4.69) is 10.6 Å². The standard InChI is InChI=1S/C31H53N3O7/c1-30(2,17-22-39-24-19-32-26(35)15-20-34-28(37)13-14-29(34)38)41-23-18-31(3,4)40-21-16-27(36)33-25-11-9-7-5-6-8-10-12-25/h13-14,25H,5-12,15-24H2,1-4H3,(H,32,35)(H,33,36). The Hall–Kier alpha value is -2.30. The third-order valence-corrected chi connectivity index (χ3v) is 7.62. The predicted octanol–water partition coefficient (Wildman–Crippen LogP) is 3.81. The third-order valence-electron chi connectivity index (χ3n) is 7.62. The predicted molar refractivity (Wildman–Crippen MR) is 157 cm³/mol. The monoisotopic (exact) mass is 579 g/mol. The van der Waals surface area contributed by atoms with Crippen LogP contribution in [0.2, 0.25) is 0 Å². The molecular formula is C31H53N3O7. The zero-order valence-electron chi connectivity index (χ0n) is 25.8. The van der Waals surface area contributed by atoms with Gasteiger partial charge < -0.3 is 24.8 Å². The van der Waals surface area contributed by atoms with Crippen molar-refractivity contribution in [3.05, 3.63) is 12.2 Å². The van der Waals surface area contributed by atoms with Crippen LogP contribution in [0.25, 0.3) is 0 Å². The lowest BCUT2D eigenvalue weighted by atomic mass is 10.0. The van der Waals surface area contributed by atoms with Gasteiger partial charge in [0.25, 0.3) is 11.8 Å². The fourth-order valence-electron chi connectivity index (χ4n) is 4.85. The molecular weight excluding hydrogens is 526 g/mol. The van der Waals surface area contributed by atoms with Gasteiger partial charge in [-0.05, 0) is 53.4 Å². The van der Waals surface area contributed by atoms with Gasteiger partial charge in [0, 0.05) is 50.7 Å². The van der Waals surface area contributed by atoms with Crippen molar-refractivity contribution in [2.24, 2.45) is 0 Å². The van der Waals surface area contributed by atoms with E-state index < -0.39 is 5.60 Å². The average Bonchev–Trinajstić information content (AvgIpc) is 3.28. The van der Waals surface area contributed by atoms with E-state index in [1.165, 1.54) is 50.7 Å². The lowest BCUT2D eigenvalue weighted by Crippen LogP contribution is -2.36. The molecule has 0 atom stereocenters. The molecule has 0 bridgehead atoms. The summed E-state index contributed by atoms with van der Waals surface area (Å²) in [6, 6.07) is 0.302. The van der Waals surface area contributed by atoms with Gasteiger partial charge in [-0.15, -0.1) is 0 Å². The van der Waals surface area contributed by atoms with Crippen LogP contribution in [0, 0.1) is 0 Å². The SMILES string of the molecule is CC(C)(CCOCCNC(=O)CCN1C(=O)C=CC1=O)OCCC(C)(C)OCCC(=O)NC1CCCCCCCC1. The highest BCUT2D eigenvalue weighted by Crippen LogP contribution is 2.20. The van der Waals surface area contributed by atoms with E-state index in [1.54, 1.807) is 0 Å². The van der Waals surface area contributed by atoms with E-state index in [1.807, 2.05) is 27.7 Å². The quantitative estimate of drug-likeness (QED) is 0.187. The Labute approximate surface area is 246 Å². The summed E-state index contributed by atoms with van der Waals surface area (Å²) in [5.74, 6) is -0.931. The van der Waals surface area contributed by atoms with E-state index in [0.29, 0.717) is 58.3 Å². The molecule has 1 heterocycles. The first kappa shape index (κ1) is 34.9. The van der Waals surface area contributed by atoms with Crippen LogP contribution < -0.4 is 10.6 Å². The summed E-state index contributed by atoms with van der Waals surface area (Å²) < 4.78 is 17.8. The fourth-order valence-corrected chi connectivity index (χ4v) is 4.85. The Bertz CT molecular complexity index is 844. The minimum atomic E-state index is -0.394. The summed E-state index contributed by atoms with van der Waals surface area (Å²) in [7, 11) is 0. The highest BCUT2D eigenvalue weighted by Gasteiger charge is 2.24. The maximum absolute atomic E-state index is 12.5. The van der Waals surface area contributed by atoms with Crippen molar-refractivity contribution in [3.63, 3.8) is 0 Å². The van der Waals surface area contributed by atoms with Gasteiger partial charge in [-0.2, -0.15) is 0 Å². The van der Waals surface area contributed by atoms with E-state index >= 15 is 0 Å². The molecule has 0 spiro atoms. The highest BCUT2D eigenvalue weighted by atomic mass is 16.5. The molecule has 1 saturated carbocycles. The Balaban J connectivity index is 1.49. The number of hydrogen-bond donors (Lipinski definition) is 2. The summed E-state index contributed by atoms with van der Waals surface area (Å²) >= 11 is 0. The van der Waals surface area contributed by atoms with Crippen molar-refractivity contribution >= 4 is 23.6 Å². The van der Waals surface area contributed by atoms with Crippen molar-refractivity contribution in [2.45, 2.75) is 122 Å². The molecule has 1 aliphatic heterocycles. The molecule has 0 saturated heterocycles. The fraction of sp³-hybridized carbons (Fsp3) is 0.806. The van der Waals surface area contributed by atoms with Crippen LogP contribution in [0.1, 0.15) is 105 Å². The van der Waals surface area contributed by atoms with Crippen LogP contribution in [0.15, 0.2) is 12.2 Å². The molecule has 2 N–H and O–H groups in total. The Kier molecular flexibility index (Phi) is 15.6. The second kappa shape index (κ2) is 18.3. The average molecular weight is 580 g/mol. The number of hydrogen-bond acceptors (Lipinski definition) is 7. The van der Waals surface area contributed by atoms with Crippen LogP contribution in [-0.4, -0.2) is 85.3 Å². The molecule has 10 heteroatoms. The van der Waals surface area contributed by atoms with Gasteiger partial charge in [-0.1, -0.05) is 38.5 Å². The van der Waals surface area contributed by atoms with Crippen LogP contribution in [-0.2, 0) is 33.4 Å². The smallest absolute Gasteiger partial charge is 0.253 e. The number of nitrogens with one attached hydrogen (secondary N) is 2. The molecule has 0 aromatic heterocycles. The molecule has 4 amide bonds. The first-order valence-corrected chi connectivity index (χ1v) is 15.4. The zero-order valence-corrected chi connectivity index (χ0v) is 25.8. The summed E-state index contributed by atoms with van der Waals surface area (Å²) in [6.07, 6.45) is 14.0. The van der Waals surface area contributed by atoms with Gasteiger partial charge in [-0.25, -0.2) is 0 Å². The molecule has 0 unspecified atom stereocenters. The molecule has 0 aromatic rings. The second-order valence-electron chi connectivity index (χ2n) is 12.3. The van der Waals surface area contributed by atoms with Crippen molar-refractivity contribution in [1.82, 2.24) is 15.5 Å². The van der Waals surface area contributed by atoms with Gasteiger partial charge in [-0.3, -0.25) is 24.1 Å². The zero-order chi connectivity index (χ0) is 30.1. The lowest BCUT2D eigenvalue weighted by Gasteiger charge is -2.30. The normalized spacial score (nSPS) is 17.3. The first-order valence-electron chi connectivity index (χ1n) is 15.4. The number of carbonyl (C=O) groups is 4. The molecule has 1 fully saturated rings. The van der Waals surface area contributed by atoms with E-state index in [0.717, 1.165) is 17.7 Å². The second-order valence-corrected chi connectivity index (χ2v) is 12.3. The van der Waals surface area contributed by atoms with Crippen LogP contribution in [0.5, 0.6) is 0 Å². The number of rotatable bonds is 18. The number of amides is 4. The summed E-state index contributed by atoms with van der Waals surface area (Å²) in [4.78, 5) is 48.4. The summed E-state index contributed by atoms with van der Waals surface area (Å²) in [5, 5.41) is 5.95. The van der Waals surface area contributed by atoms with E-state index in [4.69, 9.17) is 14.2 Å². The molecule has 0 aromatic carbocycles. The topological polar surface area (TPSA) is 123 Å². The van der Waals surface area contributed by atoms with Gasteiger partial charge >= 0.3 is 0 Å². The van der Waals surface area contributed by atoms with Gasteiger partial charge in [0.15, 0.2) is 0 Å².